The highest BCUT2D eigenvalue weighted by Crippen LogP contribution is 2.39. The Morgan fingerprint density at radius 3 is 2.56 bits per heavy atom. The highest BCUT2D eigenvalue weighted by Gasteiger charge is 2.43. The van der Waals surface area contributed by atoms with E-state index in [0.29, 0.717) is 24.0 Å². The Kier molecular flexibility index (Phi) is 6.04. The van der Waals surface area contributed by atoms with Crippen molar-refractivity contribution in [1.82, 2.24) is 4.90 Å². The molecule has 1 aromatic carbocycles. The number of benzene rings is 1. The number of nitrogens with two attached hydrogens (primary N) is 1. The zero-order valence-electron chi connectivity index (χ0n) is 14.3. The van der Waals surface area contributed by atoms with Gasteiger partial charge in [-0.1, -0.05) is 0 Å². The lowest BCUT2D eigenvalue weighted by atomic mass is 9.73. The SMILES string of the molecule is I.NC(=NC1CC2OCCCC12)N1CCN(c2ccc(F)cc2)CC1. The zero-order valence-corrected chi connectivity index (χ0v) is 16.6. The third-order valence-electron chi connectivity index (χ3n) is 5.55. The average molecular weight is 460 g/mol. The van der Waals surface area contributed by atoms with Crippen LogP contribution in [0.15, 0.2) is 29.3 Å². The van der Waals surface area contributed by atoms with Crippen LogP contribution in [0.1, 0.15) is 19.3 Å². The van der Waals surface area contributed by atoms with E-state index < -0.39 is 0 Å². The van der Waals surface area contributed by atoms with Gasteiger partial charge >= 0.3 is 0 Å². The second kappa shape index (κ2) is 8.07. The number of fused-ring (bicyclic) bond motifs is 1. The van der Waals surface area contributed by atoms with Crippen LogP contribution in [0.25, 0.3) is 0 Å². The largest absolute Gasteiger partial charge is 0.378 e. The molecule has 4 rings (SSSR count). The number of aliphatic imine (C=N–C) groups is 1. The van der Waals surface area contributed by atoms with Crippen molar-refractivity contribution in [2.75, 3.05) is 37.7 Å². The molecule has 0 spiro atoms. The standard InChI is InChI=1S/C18H25FN4O.HI/c19-13-3-5-14(6-4-13)22-7-9-23(10-8-22)18(20)21-16-12-17-15(16)2-1-11-24-17;/h3-6,15-17H,1-2,7-12H2,(H2,20,21);1H. The Balaban J connectivity index is 0.00000182. The molecule has 3 aliphatic rings. The molecule has 3 atom stereocenters. The third kappa shape index (κ3) is 4.02. The van der Waals surface area contributed by atoms with E-state index in [1.165, 1.54) is 18.6 Å². The number of hydrogen-bond donors (Lipinski definition) is 1. The first-order chi connectivity index (χ1) is 11.7. The second-order valence-corrected chi connectivity index (χ2v) is 6.96. The predicted octanol–water partition coefficient (Wildman–Crippen LogP) is 2.45. The van der Waals surface area contributed by atoms with Crippen LogP contribution in [0.2, 0.25) is 0 Å². The Labute approximate surface area is 165 Å². The number of rotatable bonds is 2. The molecule has 1 aromatic rings. The summed E-state index contributed by atoms with van der Waals surface area (Å²) in [5.74, 6) is 1.04. The van der Waals surface area contributed by atoms with E-state index in [2.05, 4.69) is 9.80 Å². The van der Waals surface area contributed by atoms with Crippen molar-refractivity contribution in [3.05, 3.63) is 30.1 Å². The molecule has 3 unspecified atom stereocenters. The first-order valence-electron chi connectivity index (χ1n) is 8.91. The quantitative estimate of drug-likeness (QED) is 0.419. The van der Waals surface area contributed by atoms with Crippen LogP contribution in [-0.4, -0.2) is 55.8 Å². The lowest BCUT2D eigenvalue weighted by Gasteiger charge is -2.46. The van der Waals surface area contributed by atoms with Crippen molar-refractivity contribution in [2.24, 2.45) is 16.6 Å². The average Bonchev–Trinajstić information content (AvgIpc) is 2.60. The Hall–Kier alpha value is -1.09. The molecule has 2 aliphatic heterocycles. The van der Waals surface area contributed by atoms with Gasteiger partial charge in [0, 0.05) is 44.4 Å². The van der Waals surface area contributed by atoms with Crippen LogP contribution in [0.3, 0.4) is 0 Å². The normalized spacial score (nSPS) is 29.5. The summed E-state index contributed by atoms with van der Waals surface area (Å²) < 4.78 is 18.8. The van der Waals surface area contributed by atoms with Crippen molar-refractivity contribution in [2.45, 2.75) is 31.4 Å². The molecular weight excluding hydrogens is 434 g/mol. The number of anilines is 1. The second-order valence-electron chi connectivity index (χ2n) is 6.96. The number of hydrogen-bond acceptors (Lipinski definition) is 3. The number of nitrogens with zero attached hydrogens (tertiary/aromatic N) is 3. The first-order valence-corrected chi connectivity index (χ1v) is 8.91. The van der Waals surface area contributed by atoms with Gasteiger partial charge in [-0.15, -0.1) is 24.0 Å². The Morgan fingerprint density at radius 2 is 1.88 bits per heavy atom. The predicted molar refractivity (Wildman–Crippen MR) is 108 cm³/mol. The maximum Gasteiger partial charge on any atom is 0.191 e. The topological polar surface area (TPSA) is 54.1 Å². The fourth-order valence-electron chi connectivity index (χ4n) is 4.01. The summed E-state index contributed by atoms with van der Waals surface area (Å²) >= 11 is 0. The molecule has 1 aliphatic carbocycles. The van der Waals surface area contributed by atoms with Gasteiger partial charge in [-0.05, 0) is 43.5 Å². The number of guanidine groups is 1. The number of halogens is 2. The van der Waals surface area contributed by atoms with Crippen LogP contribution >= 0.6 is 24.0 Å². The maximum atomic E-state index is 13.0. The molecule has 0 bridgehead atoms. The Morgan fingerprint density at radius 1 is 1.16 bits per heavy atom. The van der Waals surface area contributed by atoms with Crippen LogP contribution < -0.4 is 10.6 Å². The van der Waals surface area contributed by atoms with Gasteiger partial charge in [0.05, 0.1) is 12.1 Å². The molecule has 138 valence electrons. The van der Waals surface area contributed by atoms with E-state index in [1.807, 2.05) is 12.1 Å². The van der Waals surface area contributed by atoms with Gasteiger partial charge in [-0.25, -0.2) is 9.38 Å². The van der Waals surface area contributed by atoms with E-state index in [0.717, 1.165) is 51.3 Å². The summed E-state index contributed by atoms with van der Waals surface area (Å²) in [4.78, 5) is 9.20. The minimum Gasteiger partial charge on any atom is -0.378 e. The van der Waals surface area contributed by atoms with Crippen LogP contribution in [0.5, 0.6) is 0 Å². The molecule has 7 heteroatoms. The third-order valence-corrected chi connectivity index (χ3v) is 5.55. The van der Waals surface area contributed by atoms with Gasteiger partial charge in [0.25, 0.3) is 0 Å². The molecule has 2 N–H and O–H groups in total. The molecule has 5 nitrogen and oxygen atoms in total. The smallest absolute Gasteiger partial charge is 0.191 e. The minimum atomic E-state index is -0.195. The van der Waals surface area contributed by atoms with E-state index >= 15 is 0 Å². The van der Waals surface area contributed by atoms with Crippen molar-refractivity contribution in [3.63, 3.8) is 0 Å². The van der Waals surface area contributed by atoms with Gasteiger partial charge in [0.2, 0.25) is 0 Å². The lowest BCUT2D eigenvalue weighted by Crippen LogP contribution is -2.54. The summed E-state index contributed by atoms with van der Waals surface area (Å²) in [5.41, 5.74) is 7.31. The molecule has 2 saturated heterocycles. The van der Waals surface area contributed by atoms with Crippen LogP contribution in [0, 0.1) is 11.7 Å². The van der Waals surface area contributed by atoms with Crippen molar-refractivity contribution in [1.29, 1.82) is 0 Å². The van der Waals surface area contributed by atoms with Crippen LogP contribution in [-0.2, 0) is 4.74 Å². The van der Waals surface area contributed by atoms with Gasteiger partial charge in [0.15, 0.2) is 5.96 Å². The van der Waals surface area contributed by atoms with E-state index in [9.17, 15) is 4.39 Å². The van der Waals surface area contributed by atoms with E-state index in [4.69, 9.17) is 15.5 Å². The van der Waals surface area contributed by atoms with Crippen molar-refractivity contribution in [3.8, 4) is 0 Å². The fourth-order valence-corrected chi connectivity index (χ4v) is 4.01. The van der Waals surface area contributed by atoms with Gasteiger partial charge < -0.3 is 20.3 Å². The number of piperazine rings is 1. The van der Waals surface area contributed by atoms with E-state index in [1.54, 1.807) is 0 Å². The molecular formula is C18H26FIN4O. The molecule has 0 amide bonds. The fraction of sp³-hybridized carbons (Fsp3) is 0.611. The summed E-state index contributed by atoms with van der Waals surface area (Å²) in [7, 11) is 0. The van der Waals surface area contributed by atoms with Gasteiger partial charge in [0.1, 0.15) is 5.82 Å². The summed E-state index contributed by atoms with van der Waals surface area (Å²) in [6.45, 7) is 4.36. The van der Waals surface area contributed by atoms with Crippen molar-refractivity contribution < 1.29 is 9.13 Å². The summed E-state index contributed by atoms with van der Waals surface area (Å²) in [6, 6.07) is 7.03. The van der Waals surface area contributed by atoms with Gasteiger partial charge in [-0.3, -0.25) is 0 Å². The summed E-state index contributed by atoms with van der Waals surface area (Å²) in [6.07, 6.45) is 3.78. The molecule has 2 heterocycles. The molecule has 0 aromatic heterocycles. The zero-order chi connectivity index (χ0) is 16.5. The first kappa shape index (κ1) is 18.7. The highest BCUT2D eigenvalue weighted by molar-refractivity contribution is 14.0. The summed E-state index contributed by atoms with van der Waals surface area (Å²) in [5, 5.41) is 0. The van der Waals surface area contributed by atoms with E-state index in [-0.39, 0.29) is 29.8 Å². The highest BCUT2D eigenvalue weighted by atomic mass is 127. The molecule has 25 heavy (non-hydrogen) atoms. The maximum absolute atomic E-state index is 13.0. The molecule has 1 saturated carbocycles. The minimum absolute atomic E-state index is 0. The monoisotopic (exact) mass is 460 g/mol. The van der Waals surface area contributed by atoms with Crippen molar-refractivity contribution >= 4 is 35.6 Å². The molecule has 0 radical (unpaired) electrons. The Bertz CT molecular complexity index is 604. The van der Waals surface area contributed by atoms with Gasteiger partial charge in [-0.2, -0.15) is 0 Å². The van der Waals surface area contributed by atoms with Crippen LogP contribution in [0.4, 0.5) is 10.1 Å². The molecule has 3 fully saturated rings. The number of ether oxygens (including phenoxy) is 1. The lowest BCUT2D eigenvalue weighted by molar-refractivity contribution is -0.0939.